The number of carbonyl (C=O) groups is 1. The van der Waals surface area contributed by atoms with Gasteiger partial charge in [0.05, 0.1) is 10.9 Å². The molecule has 0 heterocycles. The van der Waals surface area contributed by atoms with E-state index in [1.165, 1.54) is 26.2 Å². The van der Waals surface area contributed by atoms with Gasteiger partial charge in [0, 0.05) is 19.7 Å². The number of nitrogens with zero attached hydrogens (tertiary/aromatic N) is 1. The van der Waals surface area contributed by atoms with Gasteiger partial charge in [-0.15, -0.1) is 0 Å². The summed E-state index contributed by atoms with van der Waals surface area (Å²) in [4.78, 5) is 12.7. The van der Waals surface area contributed by atoms with E-state index in [0.29, 0.717) is 5.56 Å². The molecule has 1 amide bonds. The third-order valence-electron chi connectivity index (χ3n) is 4.15. The van der Waals surface area contributed by atoms with Crippen LogP contribution in [0.25, 0.3) is 0 Å². The first-order chi connectivity index (χ1) is 11.8. The number of benzene rings is 2. The fraction of sp³-hybridized carbons (Fsp3) is 0.316. The number of aryl methyl sites for hydroxylation is 1. The van der Waals surface area contributed by atoms with Gasteiger partial charge in [-0.1, -0.05) is 37.3 Å². The fourth-order valence-corrected chi connectivity index (χ4v) is 3.58. The standard InChI is InChI=1S/C19H24N2O3S/c1-5-18(17-12-7-6-9-14(17)2)20-19(22)15-10-8-11-16(13-15)25(23,24)21(3)4/h6-13,18H,5H2,1-4H3,(H,20,22)/t18-/m0/s1. The molecule has 0 radical (unpaired) electrons. The zero-order valence-electron chi connectivity index (χ0n) is 15.0. The highest BCUT2D eigenvalue weighted by Gasteiger charge is 2.20. The average molecular weight is 360 g/mol. The molecule has 25 heavy (non-hydrogen) atoms. The van der Waals surface area contributed by atoms with Crippen molar-refractivity contribution in [2.75, 3.05) is 14.1 Å². The van der Waals surface area contributed by atoms with Crippen LogP contribution in [0.15, 0.2) is 53.4 Å². The highest BCUT2D eigenvalue weighted by molar-refractivity contribution is 7.89. The van der Waals surface area contributed by atoms with E-state index in [4.69, 9.17) is 0 Å². The predicted octanol–water partition coefficient (Wildman–Crippen LogP) is 3.13. The Hall–Kier alpha value is -2.18. The van der Waals surface area contributed by atoms with Crippen molar-refractivity contribution < 1.29 is 13.2 Å². The maximum absolute atomic E-state index is 12.6. The lowest BCUT2D eigenvalue weighted by atomic mass is 9.99. The molecule has 0 unspecified atom stereocenters. The SMILES string of the molecule is CC[C@H](NC(=O)c1cccc(S(=O)(=O)N(C)C)c1)c1ccccc1C. The van der Waals surface area contributed by atoms with Gasteiger partial charge in [-0.25, -0.2) is 12.7 Å². The largest absolute Gasteiger partial charge is 0.345 e. The molecule has 0 aliphatic rings. The van der Waals surface area contributed by atoms with Crippen LogP contribution in [-0.2, 0) is 10.0 Å². The molecule has 0 saturated carbocycles. The van der Waals surface area contributed by atoms with E-state index in [1.807, 2.05) is 38.1 Å². The van der Waals surface area contributed by atoms with Gasteiger partial charge in [0.25, 0.3) is 5.91 Å². The zero-order chi connectivity index (χ0) is 18.6. The Balaban J connectivity index is 2.28. The average Bonchev–Trinajstić information content (AvgIpc) is 2.60. The summed E-state index contributed by atoms with van der Waals surface area (Å²) in [6, 6.07) is 13.9. The van der Waals surface area contributed by atoms with E-state index in [-0.39, 0.29) is 16.8 Å². The summed E-state index contributed by atoms with van der Waals surface area (Å²) < 4.78 is 25.6. The Bertz CT molecular complexity index is 860. The first-order valence-corrected chi connectivity index (χ1v) is 9.60. The van der Waals surface area contributed by atoms with Crippen LogP contribution in [0.3, 0.4) is 0 Å². The number of hydrogen-bond donors (Lipinski definition) is 1. The van der Waals surface area contributed by atoms with Crippen LogP contribution >= 0.6 is 0 Å². The summed E-state index contributed by atoms with van der Waals surface area (Å²) in [6.45, 7) is 4.01. The second kappa shape index (κ2) is 7.80. The third kappa shape index (κ3) is 4.27. The molecule has 134 valence electrons. The van der Waals surface area contributed by atoms with Gasteiger partial charge in [-0.2, -0.15) is 0 Å². The molecule has 1 atom stereocenters. The van der Waals surface area contributed by atoms with Crippen molar-refractivity contribution >= 4 is 15.9 Å². The van der Waals surface area contributed by atoms with Crippen molar-refractivity contribution in [1.29, 1.82) is 0 Å². The van der Waals surface area contributed by atoms with Crippen molar-refractivity contribution in [2.24, 2.45) is 0 Å². The number of hydrogen-bond acceptors (Lipinski definition) is 3. The Kier molecular flexibility index (Phi) is 5.98. The molecule has 2 aromatic rings. The van der Waals surface area contributed by atoms with Crippen LogP contribution in [0.5, 0.6) is 0 Å². The first-order valence-electron chi connectivity index (χ1n) is 8.16. The Morgan fingerprint density at radius 1 is 1.12 bits per heavy atom. The number of nitrogens with one attached hydrogen (secondary N) is 1. The number of sulfonamides is 1. The van der Waals surface area contributed by atoms with Crippen molar-refractivity contribution in [3.8, 4) is 0 Å². The molecule has 0 aromatic heterocycles. The monoisotopic (exact) mass is 360 g/mol. The quantitative estimate of drug-likeness (QED) is 0.861. The lowest BCUT2D eigenvalue weighted by Crippen LogP contribution is -2.29. The van der Waals surface area contributed by atoms with Gasteiger partial charge >= 0.3 is 0 Å². The van der Waals surface area contributed by atoms with E-state index in [0.717, 1.165) is 21.9 Å². The van der Waals surface area contributed by atoms with E-state index in [2.05, 4.69) is 5.32 Å². The first kappa shape index (κ1) is 19.1. The van der Waals surface area contributed by atoms with Gasteiger partial charge in [-0.05, 0) is 42.7 Å². The van der Waals surface area contributed by atoms with E-state index in [9.17, 15) is 13.2 Å². The second-order valence-corrected chi connectivity index (χ2v) is 8.26. The topological polar surface area (TPSA) is 66.5 Å². The van der Waals surface area contributed by atoms with Crippen LogP contribution in [0.2, 0.25) is 0 Å². The second-order valence-electron chi connectivity index (χ2n) is 6.11. The molecule has 5 nitrogen and oxygen atoms in total. The lowest BCUT2D eigenvalue weighted by Gasteiger charge is -2.20. The predicted molar refractivity (Wildman–Crippen MR) is 99.0 cm³/mol. The van der Waals surface area contributed by atoms with Crippen LogP contribution in [0.4, 0.5) is 0 Å². The van der Waals surface area contributed by atoms with Gasteiger partial charge in [-0.3, -0.25) is 4.79 Å². The molecule has 0 aliphatic heterocycles. The van der Waals surface area contributed by atoms with Crippen LogP contribution in [0, 0.1) is 6.92 Å². The minimum absolute atomic E-state index is 0.106. The summed E-state index contributed by atoms with van der Waals surface area (Å²) in [7, 11) is -0.641. The van der Waals surface area contributed by atoms with E-state index >= 15 is 0 Å². The maximum Gasteiger partial charge on any atom is 0.251 e. The Labute approximate surface area is 149 Å². The van der Waals surface area contributed by atoms with Crippen LogP contribution in [-0.4, -0.2) is 32.7 Å². The summed E-state index contributed by atoms with van der Waals surface area (Å²) >= 11 is 0. The van der Waals surface area contributed by atoms with Crippen LogP contribution in [0.1, 0.15) is 40.9 Å². The summed E-state index contributed by atoms with van der Waals surface area (Å²) in [5.41, 5.74) is 2.50. The summed E-state index contributed by atoms with van der Waals surface area (Å²) in [5.74, 6) is -0.286. The third-order valence-corrected chi connectivity index (χ3v) is 5.96. The maximum atomic E-state index is 12.6. The molecule has 2 aromatic carbocycles. The minimum Gasteiger partial charge on any atom is -0.345 e. The van der Waals surface area contributed by atoms with Crippen LogP contribution < -0.4 is 5.32 Å². The number of amides is 1. The van der Waals surface area contributed by atoms with E-state index in [1.54, 1.807) is 12.1 Å². The van der Waals surface area contributed by atoms with Crippen molar-refractivity contribution in [3.05, 3.63) is 65.2 Å². The van der Waals surface area contributed by atoms with Gasteiger partial charge in [0.1, 0.15) is 0 Å². The van der Waals surface area contributed by atoms with Crippen molar-refractivity contribution in [3.63, 3.8) is 0 Å². The highest BCUT2D eigenvalue weighted by atomic mass is 32.2. The lowest BCUT2D eigenvalue weighted by molar-refractivity contribution is 0.0935. The highest BCUT2D eigenvalue weighted by Crippen LogP contribution is 2.21. The molecular formula is C19H24N2O3S. The molecular weight excluding hydrogens is 336 g/mol. The molecule has 0 bridgehead atoms. The molecule has 0 fully saturated rings. The molecule has 2 rings (SSSR count). The molecule has 6 heteroatoms. The van der Waals surface area contributed by atoms with E-state index < -0.39 is 10.0 Å². The normalized spacial score (nSPS) is 12.8. The number of rotatable bonds is 6. The van der Waals surface area contributed by atoms with Gasteiger partial charge in [0.2, 0.25) is 10.0 Å². The fourth-order valence-electron chi connectivity index (χ4n) is 2.63. The number of carbonyl (C=O) groups excluding carboxylic acids is 1. The van der Waals surface area contributed by atoms with Gasteiger partial charge < -0.3 is 5.32 Å². The van der Waals surface area contributed by atoms with Crippen molar-refractivity contribution in [2.45, 2.75) is 31.2 Å². The molecule has 0 aliphatic carbocycles. The Morgan fingerprint density at radius 3 is 2.40 bits per heavy atom. The smallest absolute Gasteiger partial charge is 0.251 e. The summed E-state index contributed by atoms with van der Waals surface area (Å²) in [6.07, 6.45) is 0.742. The minimum atomic E-state index is -3.57. The van der Waals surface area contributed by atoms with Crippen molar-refractivity contribution in [1.82, 2.24) is 9.62 Å². The van der Waals surface area contributed by atoms with Gasteiger partial charge in [0.15, 0.2) is 0 Å². The molecule has 0 saturated heterocycles. The molecule has 1 N–H and O–H groups in total. The molecule has 0 spiro atoms. The summed E-state index contributed by atoms with van der Waals surface area (Å²) in [5, 5.41) is 3.00. The Morgan fingerprint density at radius 2 is 1.80 bits per heavy atom. The zero-order valence-corrected chi connectivity index (χ0v) is 15.8.